The van der Waals surface area contributed by atoms with Crippen LogP contribution in [0.1, 0.15) is 45.5 Å². The Morgan fingerprint density at radius 1 is 1.00 bits per heavy atom. The van der Waals surface area contributed by atoms with E-state index in [1.54, 1.807) is 19.2 Å². The minimum absolute atomic E-state index is 0.00407. The summed E-state index contributed by atoms with van der Waals surface area (Å²) in [6.45, 7) is 1.14. The highest BCUT2D eigenvalue weighted by atomic mass is 35.5. The lowest BCUT2D eigenvalue weighted by Crippen LogP contribution is -2.29. The zero-order chi connectivity index (χ0) is 31.2. The summed E-state index contributed by atoms with van der Waals surface area (Å²) in [4.78, 5) is 40.1. The average Bonchev–Trinajstić information content (AvgIpc) is 2.98. The molecule has 1 unspecified atom stereocenters. The highest BCUT2D eigenvalue weighted by Gasteiger charge is 2.09. The molecule has 0 bridgehead atoms. The summed E-state index contributed by atoms with van der Waals surface area (Å²) in [6, 6.07) is 18.4. The van der Waals surface area contributed by atoms with Crippen LogP contribution in [0.15, 0.2) is 72.8 Å². The van der Waals surface area contributed by atoms with Gasteiger partial charge >= 0.3 is 11.9 Å². The van der Waals surface area contributed by atoms with Crippen LogP contribution in [0.5, 0.6) is 5.75 Å². The minimum Gasteiger partial charge on any atom is -0.496 e. The molecule has 13 heteroatoms. The third-order valence-electron chi connectivity index (χ3n) is 5.03. The number of hydrogen-bond acceptors (Lipinski definition) is 9. The van der Waals surface area contributed by atoms with E-state index in [4.69, 9.17) is 43.8 Å². The zero-order valence-electron chi connectivity index (χ0n) is 22.5. The fourth-order valence-corrected chi connectivity index (χ4v) is 2.90. The number of hydrogen-bond donors (Lipinski definition) is 5. The zero-order valence-corrected chi connectivity index (χ0v) is 23.3. The van der Waals surface area contributed by atoms with Crippen LogP contribution in [0.25, 0.3) is 0 Å². The van der Waals surface area contributed by atoms with Crippen LogP contribution in [0, 0.1) is 10.1 Å². The van der Waals surface area contributed by atoms with Gasteiger partial charge in [-0.1, -0.05) is 36.2 Å². The molecule has 0 saturated heterocycles. The van der Waals surface area contributed by atoms with E-state index in [0.717, 1.165) is 24.2 Å². The van der Waals surface area contributed by atoms with Crippen molar-refractivity contribution in [3.8, 4) is 5.75 Å². The lowest BCUT2D eigenvalue weighted by atomic mass is 10.1. The van der Waals surface area contributed by atoms with Gasteiger partial charge in [-0.2, -0.15) is 0 Å². The molecule has 0 radical (unpaired) electrons. The summed E-state index contributed by atoms with van der Waals surface area (Å²) in [6.07, 6.45) is 2.81. The molecule has 8 N–H and O–H groups in total. The van der Waals surface area contributed by atoms with Gasteiger partial charge in [0, 0.05) is 34.8 Å². The maximum Gasteiger partial charge on any atom is 0.335 e. The Labute approximate surface area is 242 Å². The second-order valence-corrected chi connectivity index (χ2v) is 8.46. The number of benzene rings is 3. The van der Waals surface area contributed by atoms with Gasteiger partial charge < -0.3 is 32.2 Å². The Hall–Kier alpha value is -4.36. The Kier molecular flexibility index (Phi) is 19.2. The number of unbranched alkanes of at least 4 members (excludes halogenated alkanes) is 1. The molecule has 1 atom stereocenters. The first-order valence-corrected chi connectivity index (χ1v) is 12.6. The average molecular weight is 591 g/mol. The van der Waals surface area contributed by atoms with Gasteiger partial charge in [0.25, 0.3) is 5.69 Å². The summed E-state index contributed by atoms with van der Waals surface area (Å²) < 4.78 is 5.06. The number of halogens is 1. The van der Waals surface area contributed by atoms with E-state index in [1.165, 1.54) is 36.4 Å². The summed E-state index contributed by atoms with van der Waals surface area (Å²) in [5, 5.41) is 27.4. The highest BCUT2D eigenvalue weighted by Crippen LogP contribution is 2.15. The maximum absolute atomic E-state index is 10.3. The Morgan fingerprint density at radius 3 is 2.00 bits per heavy atom. The topological polar surface area (TPSA) is 222 Å². The first-order chi connectivity index (χ1) is 19.5. The van der Waals surface area contributed by atoms with Crippen molar-refractivity contribution >= 4 is 35.5 Å². The van der Waals surface area contributed by atoms with Gasteiger partial charge in [0.2, 0.25) is 0 Å². The molecule has 0 amide bonds. The SMILES string of the molecule is COc1ccccc1CN.NCCCCC(N)C(=O)O.O=C(O)c1ccc(Cl)cc1.O=Cc1ccc([N+](=O)[O-])cc1. The monoisotopic (exact) mass is 590 g/mol. The molecule has 3 rings (SSSR count). The number of non-ortho nitro benzene ring substituents is 1. The number of nitro groups is 1. The number of aliphatic carboxylic acids is 1. The van der Waals surface area contributed by atoms with E-state index in [0.29, 0.717) is 36.4 Å². The largest absolute Gasteiger partial charge is 0.496 e. The summed E-state index contributed by atoms with van der Waals surface area (Å²) in [7, 11) is 1.65. The van der Waals surface area contributed by atoms with Crippen molar-refractivity contribution in [1.82, 2.24) is 0 Å². The number of ether oxygens (including phenoxy) is 1. The van der Waals surface area contributed by atoms with E-state index in [-0.39, 0.29) is 11.3 Å². The number of nitrogens with two attached hydrogens (primary N) is 3. The fourth-order valence-electron chi connectivity index (χ4n) is 2.77. The molecule has 0 aromatic heterocycles. The van der Waals surface area contributed by atoms with Crippen molar-refractivity contribution in [2.75, 3.05) is 13.7 Å². The highest BCUT2D eigenvalue weighted by molar-refractivity contribution is 6.30. The number of methoxy groups -OCH3 is 1. The van der Waals surface area contributed by atoms with Gasteiger partial charge in [0.15, 0.2) is 0 Å². The van der Waals surface area contributed by atoms with Gasteiger partial charge in [-0.3, -0.25) is 19.7 Å². The molecular formula is C28H35ClN4O8. The molecule has 0 fully saturated rings. The molecule has 0 aliphatic carbocycles. The number of para-hydroxylation sites is 1. The normalized spacial score (nSPS) is 10.2. The van der Waals surface area contributed by atoms with Crippen LogP contribution in [0.4, 0.5) is 5.69 Å². The molecule has 0 aliphatic rings. The fraction of sp³-hybridized carbons (Fsp3) is 0.250. The van der Waals surface area contributed by atoms with Gasteiger partial charge in [-0.15, -0.1) is 0 Å². The van der Waals surface area contributed by atoms with Crippen molar-refractivity contribution in [2.45, 2.75) is 31.8 Å². The lowest BCUT2D eigenvalue weighted by molar-refractivity contribution is -0.384. The summed E-state index contributed by atoms with van der Waals surface area (Å²) in [5.74, 6) is -1.00. The van der Waals surface area contributed by atoms with E-state index in [1.807, 2.05) is 24.3 Å². The van der Waals surface area contributed by atoms with E-state index in [9.17, 15) is 24.5 Å². The smallest absolute Gasteiger partial charge is 0.335 e. The van der Waals surface area contributed by atoms with Crippen LogP contribution in [0.2, 0.25) is 5.02 Å². The van der Waals surface area contributed by atoms with Crippen LogP contribution in [0.3, 0.4) is 0 Å². The van der Waals surface area contributed by atoms with Gasteiger partial charge in [0.05, 0.1) is 17.6 Å². The van der Waals surface area contributed by atoms with Gasteiger partial charge in [-0.25, -0.2) is 4.79 Å². The second-order valence-electron chi connectivity index (χ2n) is 8.02. The van der Waals surface area contributed by atoms with Crippen molar-refractivity contribution in [2.24, 2.45) is 17.2 Å². The molecule has 3 aromatic carbocycles. The molecule has 0 aliphatic heterocycles. The first-order valence-electron chi connectivity index (χ1n) is 12.2. The van der Waals surface area contributed by atoms with Crippen LogP contribution in [-0.4, -0.2) is 53.1 Å². The number of aromatic carboxylic acids is 1. The van der Waals surface area contributed by atoms with Gasteiger partial charge in [-0.05, 0) is 61.9 Å². The standard InChI is InChI=1S/C8H11NO.C7H5ClO2.C7H5NO3.C6H14N2O2/c1-10-8-5-3-2-4-7(8)6-9;8-6-3-1-5(2-4-6)7(9)10;9-5-6-1-3-7(4-2-6)8(10)11;7-4-2-1-3-5(8)6(9)10/h2-5H,6,9H2,1H3;1-4H,(H,9,10);1-5H;5H,1-4,7-8H2,(H,9,10). The molecular weight excluding hydrogens is 556 g/mol. The molecule has 0 saturated carbocycles. The Balaban J connectivity index is 0.000000521. The number of carboxylic acid groups (broad SMARTS) is 2. The maximum atomic E-state index is 10.3. The third-order valence-corrected chi connectivity index (χ3v) is 5.28. The molecule has 12 nitrogen and oxygen atoms in total. The molecule has 0 spiro atoms. The van der Waals surface area contributed by atoms with Crippen LogP contribution in [-0.2, 0) is 11.3 Å². The number of carbonyl (C=O) groups excluding carboxylic acids is 1. The van der Waals surface area contributed by atoms with Crippen molar-refractivity contribution < 1.29 is 34.3 Å². The Bertz CT molecular complexity index is 1190. The second kappa shape index (κ2) is 21.5. The summed E-state index contributed by atoms with van der Waals surface area (Å²) in [5.41, 5.74) is 17.6. The number of aldehydes is 1. The van der Waals surface area contributed by atoms with Crippen LogP contribution >= 0.6 is 11.6 Å². The van der Waals surface area contributed by atoms with E-state index in [2.05, 4.69) is 0 Å². The molecule has 222 valence electrons. The predicted molar refractivity (Wildman–Crippen MR) is 156 cm³/mol. The van der Waals surface area contributed by atoms with Crippen molar-refractivity contribution in [3.05, 3.63) is 105 Å². The van der Waals surface area contributed by atoms with Crippen molar-refractivity contribution in [3.63, 3.8) is 0 Å². The van der Waals surface area contributed by atoms with Crippen LogP contribution < -0.4 is 21.9 Å². The minimum atomic E-state index is -0.934. The number of rotatable bonds is 10. The first kappa shape index (κ1) is 36.6. The van der Waals surface area contributed by atoms with E-state index < -0.39 is 22.9 Å². The Morgan fingerprint density at radius 2 is 1.59 bits per heavy atom. The third kappa shape index (κ3) is 16.4. The molecule has 41 heavy (non-hydrogen) atoms. The summed E-state index contributed by atoms with van der Waals surface area (Å²) >= 11 is 5.52. The number of carbonyl (C=O) groups is 3. The predicted octanol–water partition coefficient (Wildman–Crippen LogP) is 4.13. The van der Waals surface area contributed by atoms with Crippen molar-refractivity contribution in [1.29, 1.82) is 0 Å². The molecule has 3 aromatic rings. The van der Waals surface area contributed by atoms with E-state index >= 15 is 0 Å². The van der Waals surface area contributed by atoms with Gasteiger partial charge in [0.1, 0.15) is 18.1 Å². The molecule has 0 heterocycles. The quantitative estimate of drug-likeness (QED) is 0.0976. The number of nitrogens with zero attached hydrogens (tertiary/aromatic N) is 1. The lowest BCUT2D eigenvalue weighted by Gasteiger charge is -2.03. The number of nitro benzene ring substituents is 1. The number of carboxylic acids is 2.